The highest BCUT2D eigenvalue weighted by Gasteiger charge is 2.23. The minimum Gasteiger partial charge on any atom is -0.338 e. The molecule has 0 aromatic carbocycles. The third-order valence-corrected chi connectivity index (χ3v) is 2.96. The van der Waals surface area contributed by atoms with Crippen LogP contribution in [0, 0.1) is 0 Å². The van der Waals surface area contributed by atoms with Crippen molar-refractivity contribution in [1.82, 2.24) is 15.5 Å². The highest BCUT2D eigenvalue weighted by Crippen LogP contribution is 2.15. The second-order valence-electron chi connectivity index (χ2n) is 4.26. The molecule has 0 aromatic heterocycles. The monoisotopic (exact) mass is 242 g/mol. The predicted octanol–water partition coefficient (Wildman–Crippen LogP) is -0.355. The van der Waals surface area contributed by atoms with Gasteiger partial charge >= 0.3 is 6.03 Å². The summed E-state index contributed by atoms with van der Waals surface area (Å²) in [6.07, 6.45) is 3.28. The first-order valence-corrected chi connectivity index (χ1v) is 6.19. The van der Waals surface area contributed by atoms with Crippen LogP contribution in [-0.2, 0) is 4.79 Å². The number of hydrogen-bond acceptors (Lipinski definition) is 4. The second-order valence-corrected chi connectivity index (χ2v) is 4.26. The number of carbonyl (C=O) groups excluding carboxylic acids is 2. The number of carbonyl (C=O) groups is 2. The number of nitrogens with one attached hydrogen (secondary N) is 2. The summed E-state index contributed by atoms with van der Waals surface area (Å²) in [5.41, 5.74) is 5.67. The minimum absolute atomic E-state index is 0.249. The molecule has 1 aliphatic heterocycles. The van der Waals surface area contributed by atoms with E-state index in [0.29, 0.717) is 13.1 Å². The van der Waals surface area contributed by atoms with Gasteiger partial charge in [0, 0.05) is 19.1 Å². The van der Waals surface area contributed by atoms with Gasteiger partial charge < -0.3 is 11.1 Å². The van der Waals surface area contributed by atoms with Crippen LogP contribution >= 0.6 is 0 Å². The van der Waals surface area contributed by atoms with Gasteiger partial charge in [-0.1, -0.05) is 6.42 Å². The van der Waals surface area contributed by atoms with E-state index in [0.717, 1.165) is 25.8 Å². The van der Waals surface area contributed by atoms with E-state index in [4.69, 9.17) is 5.73 Å². The van der Waals surface area contributed by atoms with Crippen molar-refractivity contribution in [2.24, 2.45) is 5.73 Å². The largest absolute Gasteiger partial charge is 0.338 e. The van der Waals surface area contributed by atoms with E-state index < -0.39 is 6.03 Å². The van der Waals surface area contributed by atoms with Gasteiger partial charge in [-0.15, -0.1) is 0 Å². The van der Waals surface area contributed by atoms with Crippen LogP contribution < -0.4 is 16.4 Å². The quantitative estimate of drug-likeness (QED) is 0.628. The van der Waals surface area contributed by atoms with Gasteiger partial charge in [-0.2, -0.15) is 0 Å². The van der Waals surface area contributed by atoms with E-state index in [9.17, 15) is 9.59 Å². The fourth-order valence-electron chi connectivity index (χ4n) is 2.09. The molecule has 0 spiro atoms. The Kier molecular flexibility index (Phi) is 5.93. The summed E-state index contributed by atoms with van der Waals surface area (Å²) in [7, 11) is 0. The Morgan fingerprint density at radius 2 is 2.18 bits per heavy atom. The summed E-state index contributed by atoms with van der Waals surface area (Å²) in [4.78, 5) is 24.8. The predicted molar refractivity (Wildman–Crippen MR) is 65.5 cm³/mol. The van der Waals surface area contributed by atoms with E-state index in [-0.39, 0.29) is 18.5 Å². The van der Waals surface area contributed by atoms with E-state index in [1.54, 1.807) is 6.92 Å². The Labute approximate surface area is 102 Å². The standard InChI is InChI=1S/C11H22N4O2/c1-2-13-11(17)14-10(16)8-15-6-4-3-5-9(15)7-12/h9H,2-8,12H2,1H3,(H2,13,14,16,17). The highest BCUT2D eigenvalue weighted by atomic mass is 16.2. The van der Waals surface area contributed by atoms with Crippen LogP contribution in [0.25, 0.3) is 0 Å². The number of hydrogen-bond donors (Lipinski definition) is 3. The minimum atomic E-state index is -0.432. The average molecular weight is 242 g/mol. The molecule has 1 rings (SSSR count). The number of imide groups is 1. The molecule has 1 fully saturated rings. The molecule has 4 N–H and O–H groups in total. The fourth-order valence-corrected chi connectivity index (χ4v) is 2.09. The summed E-state index contributed by atoms with van der Waals surface area (Å²) in [5.74, 6) is -0.267. The Morgan fingerprint density at radius 1 is 1.41 bits per heavy atom. The van der Waals surface area contributed by atoms with Crippen molar-refractivity contribution < 1.29 is 9.59 Å². The molecule has 1 aliphatic rings. The molecule has 0 bridgehead atoms. The van der Waals surface area contributed by atoms with Crippen LogP contribution in [0.3, 0.4) is 0 Å². The van der Waals surface area contributed by atoms with E-state index >= 15 is 0 Å². The summed E-state index contributed by atoms with van der Waals surface area (Å²) >= 11 is 0. The SMILES string of the molecule is CCNC(=O)NC(=O)CN1CCCCC1CN. The van der Waals surface area contributed by atoms with Crippen LogP contribution in [0.15, 0.2) is 0 Å². The van der Waals surface area contributed by atoms with Crippen LogP contribution in [0.4, 0.5) is 4.79 Å². The lowest BCUT2D eigenvalue weighted by Gasteiger charge is -2.34. The van der Waals surface area contributed by atoms with Crippen molar-refractivity contribution >= 4 is 11.9 Å². The van der Waals surface area contributed by atoms with Gasteiger partial charge in [0.25, 0.3) is 0 Å². The number of urea groups is 1. The molecule has 1 saturated heterocycles. The zero-order valence-corrected chi connectivity index (χ0v) is 10.4. The van der Waals surface area contributed by atoms with Crippen molar-refractivity contribution in [1.29, 1.82) is 0 Å². The van der Waals surface area contributed by atoms with Crippen molar-refractivity contribution in [2.45, 2.75) is 32.2 Å². The lowest BCUT2D eigenvalue weighted by atomic mass is 10.0. The first kappa shape index (κ1) is 13.9. The fraction of sp³-hybridized carbons (Fsp3) is 0.818. The molecule has 0 aromatic rings. The number of likely N-dealkylation sites (tertiary alicyclic amines) is 1. The summed E-state index contributed by atoms with van der Waals surface area (Å²) < 4.78 is 0. The molecular weight excluding hydrogens is 220 g/mol. The highest BCUT2D eigenvalue weighted by molar-refractivity contribution is 5.95. The number of nitrogens with two attached hydrogens (primary N) is 1. The van der Waals surface area contributed by atoms with E-state index in [1.807, 2.05) is 0 Å². The van der Waals surface area contributed by atoms with Gasteiger partial charge in [-0.25, -0.2) is 4.79 Å². The van der Waals surface area contributed by atoms with Gasteiger partial charge in [0.2, 0.25) is 5.91 Å². The third-order valence-electron chi connectivity index (χ3n) is 2.96. The number of nitrogens with zero attached hydrogens (tertiary/aromatic N) is 1. The first-order chi connectivity index (χ1) is 8.17. The Hall–Kier alpha value is -1.14. The lowest BCUT2D eigenvalue weighted by molar-refractivity contribution is -0.122. The van der Waals surface area contributed by atoms with E-state index in [2.05, 4.69) is 15.5 Å². The Balaban J connectivity index is 2.35. The van der Waals surface area contributed by atoms with Crippen LogP contribution in [0.5, 0.6) is 0 Å². The molecule has 0 aliphatic carbocycles. The molecule has 0 radical (unpaired) electrons. The number of piperidine rings is 1. The molecule has 6 nitrogen and oxygen atoms in total. The van der Waals surface area contributed by atoms with Crippen molar-refractivity contribution in [3.05, 3.63) is 0 Å². The normalized spacial score (nSPS) is 20.9. The molecule has 1 heterocycles. The summed E-state index contributed by atoms with van der Waals surface area (Å²) in [6, 6.07) is -0.164. The summed E-state index contributed by atoms with van der Waals surface area (Å²) in [5, 5.41) is 4.83. The van der Waals surface area contributed by atoms with Crippen molar-refractivity contribution in [3.63, 3.8) is 0 Å². The molecule has 98 valence electrons. The van der Waals surface area contributed by atoms with Crippen molar-refractivity contribution in [3.8, 4) is 0 Å². The molecular formula is C11H22N4O2. The first-order valence-electron chi connectivity index (χ1n) is 6.19. The van der Waals surface area contributed by atoms with Crippen LogP contribution in [-0.4, -0.2) is 49.1 Å². The average Bonchev–Trinajstić information content (AvgIpc) is 2.29. The van der Waals surface area contributed by atoms with Gasteiger partial charge in [0.15, 0.2) is 0 Å². The lowest BCUT2D eigenvalue weighted by Crippen LogP contribution is -2.50. The topological polar surface area (TPSA) is 87.5 Å². The summed E-state index contributed by atoms with van der Waals surface area (Å²) in [6.45, 7) is 4.01. The Bertz CT molecular complexity index is 270. The van der Waals surface area contributed by atoms with E-state index in [1.165, 1.54) is 0 Å². The zero-order valence-electron chi connectivity index (χ0n) is 10.4. The smallest absolute Gasteiger partial charge is 0.321 e. The van der Waals surface area contributed by atoms with Crippen LogP contribution in [0.2, 0.25) is 0 Å². The molecule has 0 saturated carbocycles. The molecule has 3 amide bonds. The van der Waals surface area contributed by atoms with Crippen LogP contribution in [0.1, 0.15) is 26.2 Å². The maximum absolute atomic E-state index is 11.6. The molecule has 1 unspecified atom stereocenters. The third kappa shape index (κ3) is 4.70. The van der Waals surface area contributed by atoms with Crippen molar-refractivity contribution in [2.75, 3.05) is 26.2 Å². The number of amides is 3. The molecule has 1 atom stereocenters. The second kappa shape index (κ2) is 7.24. The number of rotatable bonds is 4. The van der Waals surface area contributed by atoms with Gasteiger partial charge in [0.05, 0.1) is 6.54 Å². The molecule has 6 heteroatoms. The van der Waals surface area contributed by atoms with Gasteiger partial charge in [-0.3, -0.25) is 15.0 Å². The van der Waals surface area contributed by atoms with Gasteiger partial charge in [0.1, 0.15) is 0 Å². The maximum Gasteiger partial charge on any atom is 0.321 e. The Morgan fingerprint density at radius 3 is 2.82 bits per heavy atom. The van der Waals surface area contributed by atoms with Gasteiger partial charge in [-0.05, 0) is 26.3 Å². The zero-order chi connectivity index (χ0) is 12.7. The molecule has 17 heavy (non-hydrogen) atoms. The maximum atomic E-state index is 11.6.